The maximum absolute atomic E-state index is 12.7. The van der Waals surface area contributed by atoms with Gasteiger partial charge >= 0.3 is 5.69 Å². The number of benzene rings is 1. The van der Waals surface area contributed by atoms with Crippen LogP contribution in [0.4, 0.5) is 0 Å². The third-order valence-corrected chi connectivity index (χ3v) is 7.23. The highest BCUT2D eigenvalue weighted by atomic mass is 32.2. The molecule has 0 saturated carbocycles. The van der Waals surface area contributed by atoms with Gasteiger partial charge in [0.1, 0.15) is 0 Å². The van der Waals surface area contributed by atoms with Gasteiger partial charge in [-0.25, -0.2) is 9.78 Å². The number of aromatic nitrogens is 4. The van der Waals surface area contributed by atoms with Crippen molar-refractivity contribution in [3.05, 3.63) is 79.1 Å². The zero-order valence-electron chi connectivity index (χ0n) is 18.5. The van der Waals surface area contributed by atoms with Crippen molar-refractivity contribution in [2.24, 2.45) is 14.1 Å². The van der Waals surface area contributed by atoms with Crippen molar-refractivity contribution in [2.45, 2.75) is 31.1 Å². The van der Waals surface area contributed by atoms with Crippen molar-refractivity contribution in [1.82, 2.24) is 24.0 Å². The fourth-order valence-electron chi connectivity index (χ4n) is 3.59. The molecular weight excluding hydrogens is 458 g/mol. The minimum atomic E-state index is -0.415. The third kappa shape index (κ3) is 5.12. The van der Waals surface area contributed by atoms with E-state index < -0.39 is 11.2 Å². The summed E-state index contributed by atoms with van der Waals surface area (Å²) in [6, 6.07) is 14.0. The van der Waals surface area contributed by atoms with Gasteiger partial charge in [-0.15, -0.1) is 11.3 Å². The lowest BCUT2D eigenvalue weighted by Gasteiger charge is -2.11. The van der Waals surface area contributed by atoms with Gasteiger partial charge in [-0.3, -0.25) is 18.7 Å². The molecule has 1 aromatic carbocycles. The molecule has 0 saturated heterocycles. The maximum Gasteiger partial charge on any atom is 0.332 e. The summed E-state index contributed by atoms with van der Waals surface area (Å²) < 4.78 is 4.45. The summed E-state index contributed by atoms with van der Waals surface area (Å²) in [5.41, 5.74) is 1.11. The average Bonchev–Trinajstić information content (AvgIpc) is 3.47. The predicted octanol–water partition coefficient (Wildman–Crippen LogP) is 2.54. The van der Waals surface area contributed by atoms with Gasteiger partial charge in [-0.2, -0.15) is 0 Å². The van der Waals surface area contributed by atoms with Crippen LogP contribution < -0.4 is 16.6 Å². The topological polar surface area (TPSA) is 90.9 Å². The molecule has 0 aliphatic rings. The number of aryl methyl sites for hydroxylation is 3. The number of imidazole rings is 1. The first-order valence-corrected chi connectivity index (χ1v) is 12.4. The van der Waals surface area contributed by atoms with E-state index in [1.807, 2.05) is 52.4 Å². The Morgan fingerprint density at radius 3 is 2.61 bits per heavy atom. The Hall–Kier alpha value is -3.11. The lowest BCUT2D eigenvalue weighted by atomic mass is 10.1. The lowest BCUT2D eigenvalue weighted by Crippen LogP contribution is -2.37. The van der Waals surface area contributed by atoms with Gasteiger partial charge in [0.25, 0.3) is 5.56 Å². The van der Waals surface area contributed by atoms with Crippen molar-refractivity contribution >= 4 is 40.2 Å². The van der Waals surface area contributed by atoms with Crippen molar-refractivity contribution in [3.63, 3.8) is 0 Å². The van der Waals surface area contributed by atoms with E-state index in [-0.39, 0.29) is 11.4 Å². The van der Waals surface area contributed by atoms with Crippen molar-refractivity contribution in [2.75, 3.05) is 5.75 Å². The molecule has 0 atom stereocenters. The highest BCUT2D eigenvalue weighted by Gasteiger charge is 2.19. The van der Waals surface area contributed by atoms with Crippen LogP contribution in [0.3, 0.4) is 0 Å². The summed E-state index contributed by atoms with van der Waals surface area (Å²) >= 11 is 3.02. The lowest BCUT2D eigenvalue weighted by molar-refractivity contribution is -0.120. The molecule has 0 spiro atoms. The van der Waals surface area contributed by atoms with Gasteiger partial charge < -0.3 is 9.88 Å². The highest BCUT2D eigenvalue weighted by molar-refractivity contribution is 7.99. The number of nitrogens with zero attached hydrogens (tertiary/aromatic N) is 4. The first kappa shape index (κ1) is 23.1. The molecule has 0 bridgehead atoms. The molecule has 1 N–H and O–H groups in total. The minimum Gasteiger partial charge on any atom is -0.351 e. The highest BCUT2D eigenvalue weighted by Crippen LogP contribution is 2.23. The Kier molecular flexibility index (Phi) is 7.14. The first-order chi connectivity index (χ1) is 16.0. The van der Waals surface area contributed by atoms with Crippen molar-refractivity contribution in [3.8, 4) is 0 Å². The van der Waals surface area contributed by atoms with Crippen molar-refractivity contribution in [1.29, 1.82) is 0 Å². The van der Waals surface area contributed by atoms with Gasteiger partial charge in [0.15, 0.2) is 16.3 Å². The van der Waals surface area contributed by atoms with Crippen LogP contribution in [0.15, 0.2) is 62.6 Å². The summed E-state index contributed by atoms with van der Waals surface area (Å²) in [6.07, 6.45) is 1.05. The third-order valence-electron chi connectivity index (χ3n) is 5.37. The second-order valence-electron chi connectivity index (χ2n) is 7.61. The molecule has 33 heavy (non-hydrogen) atoms. The number of amides is 1. The van der Waals surface area contributed by atoms with Gasteiger partial charge in [0.2, 0.25) is 5.91 Å². The number of nitrogens with one attached hydrogen (secondary N) is 1. The summed E-state index contributed by atoms with van der Waals surface area (Å²) in [7, 11) is 3.11. The van der Waals surface area contributed by atoms with Crippen LogP contribution >= 0.6 is 23.1 Å². The largest absolute Gasteiger partial charge is 0.351 e. The molecule has 0 radical (unpaired) electrons. The Balaban J connectivity index is 1.54. The van der Waals surface area contributed by atoms with Crippen LogP contribution in [-0.4, -0.2) is 30.3 Å². The average molecular weight is 484 g/mol. The van der Waals surface area contributed by atoms with E-state index in [2.05, 4.69) is 10.3 Å². The number of fused-ring (bicyclic) bond motifs is 1. The van der Waals surface area contributed by atoms with E-state index in [0.29, 0.717) is 36.1 Å². The van der Waals surface area contributed by atoms with E-state index in [1.54, 1.807) is 18.4 Å². The van der Waals surface area contributed by atoms with E-state index in [4.69, 9.17) is 0 Å². The van der Waals surface area contributed by atoms with Crippen LogP contribution in [0.2, 0.25) is 0 Å². The number of hydrogen-bond donors (Lipinski definition) is 1. The SMILES string of the molecule is Cn1c(=O)c2nc(SCCC(=O)NCc3cccs3)n(CCc3ccccc3)c2n(C)c1=O. The fraction of sp³-hybridized carbons (Fsp3) is 0.304. The summed E-state index contributed by atoms with van der Waals surface area (Å²) in [5, 5.41) is 5.54. The van der Waals surface area contributed by atoms with E-state index in [0.717, 1.165) is 21.4 Å². The molecule has 0 fully saturated rings. The first-order valence-electron chi connectivity index (χ1n) is 10.6. The molecule has 0 unspecified atom stereocenters. The van der Waals surface area contributed by atoms with E-state index in [1.165, 1.54) is 23.4 Å². The number of thioether (sulfide) groups is 1. The van der Waals surface area contributed by atoms with Gasteiger partial charge in [0.05, 0.1) is 6.54 Å². The molecule has 0 aliphatic carbocycles. The molecular formula is C23H25N5O3S2. The standard InChI is InChI=1S/C23H25N5O3S2/c1-26-20-19(21(30)27(2)23(26)31)25-22(28(20)12-10-16-7-4-3-5-8-16)33-14-11-18(29)24-15-17-9-6-13-32-17/h3-9,13H,10-12,14-15H2,1-2H3,(H,24,29). The molecule has 3 heterocycles. The zero-order valence-corrected chi connectivity index (χ0v) is 20.1. The normalized spacial score (nSPS) is 11.2. The Morgan fingerprint density at radius 2 is 1.88 bits per heavy atom. The molecule has 10 heteroatoms. The molecule has 172 valence electrons. The van der Waals surface area contributed by atoms with Crippen molar-refractivity contribution < 1.29 is 4.79 Å². The molecule has 0 aliphatic heterocycles. The number of thiophene rings is 1. The Labute approximate surface area is 198 Å². The van der Waals surface area contributed by atoms with E-state index >= 15 is 0 Å². The monoisotopic (exact) mass is 483 g/mol. The molecule has 4 rings (SSSR count). The number of carbonyl (C=O) groups is 1. The molecule has 4 aromatic rings. The van der Waals surface area contributed by atoms with Crippen LogP contribution in [0.5, 0.6) is 0 Å². The van der Waals surface area contributed by atoms with Crippen LogP contribution in [0, 0.1) is 0 Å². The molecule has 1 amide bonds. The summed E-state index contributed by atoms with van der Waals surface area (Å²) in [5.74, 6) is 0.477. The number of carbonyl (C=O) groups excluding carboxylic acids is 1. The molecule has 3 aromatic heterocycles. The van der Waals surface area contributed by atoms with Gasteiger partial charge in [-0.1, -0.05) is 48.2 Å². The van der Waals surface area contributed by atoms with Gasteiger partial charge in [-0.05, 0) is 23.4 Å². The van der Waals surface area contributed by atoms with E-state index in [9.17, 15) is 14.4 Å². The fourth-order valence-corrected chi connectivity index (χ4v) is 5.19. The number of rotatable bonds is 9. The molecule has 8 nitrogen and oxygen atoms in total. The van der Waals surface area contributed by atoms with Gasteiger partial charge in [0, 0.05) is 37.7 Å². The van der Waals surface area contributed by atoms with Crippen LogP contribution in [-0.2, 0) is 38.4 Å². The number of hydrogen-bond acceptors (Lipinski definition) is 6. The predicted molar refractivity (Wildman–Crippen MR) is 132 cm³/mol. The Morgan fingerprint density at radius 1 is 1.09 bits per heavy atom. The second kappa shape index (κ2) is 10.2. The van der Waals surface area contributed by atoms with Crippen LogP contribution in [0.25, 0.3) is 11.2 Å². The maximum atomic E-state index is 12.7. The Bertz CT molecular complexity index is 1370. The van der Waals surface area contributed by atoms with Crippen LogP contribution in [0.1, 0.15) is 16.9 Å². The quantitative estimate of drug-likeness (QED) is 0.370. The summed E-state index contributed by atoms with van der Waals surface area (Å²) in [4.78, 5) is 43.2. The second-order valence-corrected chi connectivity index (χ2v) is 9.71. The summed E-state index contributed by atoms with van der Waals surface area (Å²) in [6.45, 7) is 1.09. The minimum absolute atomic E-state index is 0.0360. The smallest absolute Gasteiger partial charge is 0.332 e. The zero-order chi connectivity index (χ0) is 23.4.